The van der Waals surface area contributed by atoms with Gasteiger partial charge < -0.3 is 15.3 Å². The van der Waals surface area contributed by atoms with E-state index in [9.17, 15) is 9.59 Å². The van der Waals surface area contributed by atoms with Crippen LogP contribution in [0.1, 0.15) is 5.56 Å². The third kappa shape index (κ3) is 3.33. The summed E-state index contributed by atoms with van der Waals surface area (Å²) < 4.78 is 0. The van der Waals surface area contributed by atoms with E-state index in [-0.39, 0.29) is 18.0 Å². The quantitative estimate of drug-likeness (QED) is 0.525. The number of hydrogen-bond acceptors (Lipinski definition) is 5. The minimum absolute atomic E-state index is 0.167. The van der Waals surface area contributed by atoms with Gasteiger partial charge in [0.25, 0.3) is 0 Å². The van der Waals surface area contributed by atoms with Crippen molar-refractivity contribution in [1.82, 2.24) is 19.9 Å². The van der Waals surface area contributed by atoms with Crippen LogP contribution in [0.4, 0.5) is 5.13 Å². The summed E-state index contributed by atoms with van der Waals surface area (Å²) in [5, 5.41) is 5.18. The zero-order valence-electron chi connectivity index (χ0n) is 12.9. The van der Waals surface area contributed by atoms with E-state index in [4.69, 9.17) is 0 Å². The number of nitrogens with one attached hydrogen (secondary N) is 3. The van der Waals surface area contributed by atoms with Crippen molar-refractivity contribution in [2.75, 3.05) is 5.32 Å². The number of H-pyrrole nitrogens is 2. The molecule has 0 aliphatic heterocycles. The highest BCUT2D eigenvalue weighted by molar-refractivity contribution is 7.14. The molecule has 0 aliphatic rings. The maximum absolute atomic E-state index is 12.2. The average molecular weight is 351 g/mol. The van der Waals surface area contributed by atoms with Crippen LogP contribution < -0.4 is 11.0 Å². The van der Waals surface area contributed by atoms with E-state index >= 15 is 0 Å². The van der Waals surface area contributed by atoms with Crippen LogP contribution in [0.25, 0.3) is 22.4 Å². The van der Waals surface area contributed by atoms with Gasteiger partial charge in [-0.15, -0.1) is 11.3 Å². The second-order valence-electron chi connectivity index (χ2n) is 5.44. The van der Waals surface area contributed by atoms with E-state index in [0.29, 0.717) is 16.2 Å². The topological polar surface area (TPSA) is 104 Å². The first-order chi connectivity index (χ1) is 12.2. The van der Waals surface area contributed by atoms with Gasteiger partial charge in [0.2, 0.25) is 5.91 Å². The van der Waals surface area contributed by atoms with Crippen LogP contribution in [0.15, 0.2) is 52.8 Å². The first-order valence-electron chi connectivity index (χ1n) is 7.55. The fourth-order valence-corrected chi connectivity index (χ4v) is 3.22. The highest BCUT2D eigenvalue weighted by Crippen LogP contribution is 2.23. The van der Waals surface area contributed by atoms with Crippen molar-refractivity contribution in [3.05, 3.63) is 64.0 Å². The van der Waals surface area contributed by atoms with Gasteiger partial charge in [0.05, 0.1) is 23.1 Å². The number of anilines is 1. The molecule has 7 nitrogen and oxygen atoms in total. The van der Waals surface area contributed by atoms with Gasteiger partial charge in [-0.1, -0.05) is 12.1 Å². The average Bonchev–Trinajstić information content (AvgIpc) is 3.21. The van der Waals surface area contributed by atoms with Crippen LogP contribution in [-0.2, 0) is 11.2 Å². The highest BCUT2D eigenvalue weighted by Gasteiger charge is 2.10. The lowest BCUT2D eigenvalue weighted by atomic mass is 10.1. The van der Waals surface area contributed by atoms with Crippen molar-refractivity contribution in [3.8, 4) is 11.4 Å². The molecule has 0 bridgehead atoms. The molecule has 4 aromatic rings. The fraction of sp³-hybridized carbons (Fsp3) is 0.0588. The number of rotatable bonds is 4. The Balaban J connectivity index is 1.46. The summed E-state index contributed by atoms with van der Waals surface area (Å²) in [7, 11) is 0. The lowest BCUT2D eigenvalue weighted by Gasteiger charge is -2.02. The summed E-state index contributed by atoms with van der Waals surface area (Å²) in [6, 6.07) is 11.0. The molecule has 0 radical (unpaired) electrons. The maximum atomic E-state index is 12.2. The summed E-state index contributed by atoms with van der Waals surface area (Å²) in [4.78, 5) is 37.5. The summed E-state index contributed by atoms with van der Waals surface area (Å²) in [6.45, 7) is 0. The molecule has 0 spiro atoms. The molecule has 0 saturated heterocycles. The van der Waals surface area contributed by atoms with E-state index in [2.05, 4.69) is 25.3 Å². The SMILES string of the molecule is O=C(Cc1ccc2[nH]c(=O)[nH]c2c1)Nc1nc(-c2ccccn2)cs1. The number of amides is 1. The van der Waals surface area contributed by atoms with Crippen molar-refractivity contribution >= 4 is 33.4 Å². The zero-order valence-corrected chi connectivity index (χ0v) is 13.8. The minimum atomic E-state index is -0.263. The van der Waals surface area contributed by atoms with E-state index in [1.165, 1.54) is 11.3 Å². The van der Waals surface area contributed by atoms with E-state index in [0.717, 1.165) is 17.0 Å². The Morgan fingerprint density at radius 1 is 1.12 bits per heavy atom. The second-order valence-corrected chi connectivity index (χ2v) is 6.29. The van der Waals surface area contributed by atoms with Crippen LogP contribution in [0.5, 0.6) is 0 Å². The van der Waals surface area contributed by atoms with E-state index in [1.54, 1.807) is 18.3 Å². The van der Waals surface area contributed by atoms with Crippen LogP contribution in [0, 0.1) is 0 Å². The van der Waals surface area contributed by atoms with Gasteiger partial charge in [0.15, 0.2) is 5.13 Å². The third-order valence-corrected chi connectivity index (χ3v) is 4.38. The van der Waals surface area contributed by atoms with Crippen LogP contribution >= 0.6 is 11.3 Å². The number of pyridine rings is 1. The number of carbonyl (C=O) groups is 1. The van der Waals surface area contributed by atoms with Crippen molar-refractivity contribution in [2.45, 2.75) is 6.42 Å². The number of carbonyl (C=O) groups excluding carboxylic acids is 1. The van der Waals surface area contributed by atoms with Crippen LogP contribution in [0.2, 0.25) is 0 Å². The van der Waals surface area contributed by atoms with Gasteiger partial charge in [0, 0.05) is 11.6 Å². The number of nitrogens with zero attached hydrogens (tertiary/aromatic N) is 2. The summed E-state index contributed by atoms with van der Waals surface area (Å²) >= 11 is 1.35. The molecule has 124 valence electrons. The molecule has 0 aliphatic carbocycles. The molecule has 1 aromatic carbocycles. The Hall–Kier alpha value is -3.26. The third-order valence-electron chi connectivity index (χ3n) is 3.62. The van der Waals surface area contributed by atoms with Gasteiger partial charge in [0.1, 0.15) is 5.69 Å². The van der Waals surface area contributed by atoms with Gasteiger partial charge in [-0.3, -0.25) is 9.78 Å². The molecule has 25 heavy (non-hydrogen) atoms. The van der Waals surface area contributed by atoms with Gasteiger partial charge in [-0.05, 0) is 29.8 Å². The molecular weight excluding hydrogens is 338 g/mol. The maximum Gasteiger partial charge on any atom is 0.323 e. The molecule has 0 fully saturated rings. The molecule has 0 atom stereocenters. The van der Waals surface area contributed by atoms with E-state index < -0.39 is 0 Å². The Kier molecular flexibility index (Phi) is 3.87. The minimum Gasteiger partial charge on any atom is -0.306 e. The predicted octanol–water partition coefficient (Wildman–Crippen LogP) is 2.56. The molecule has 3 aromatic heterocycles. The number of aromatic nitrogens is 4. The molecule has 1 amide bonds. The molecule has 4 rings (SSSR count). The predicted molar refractivity (Wildman–Crippen MR) is 96.6 cm³/mol. The summed E-state index contributed by atoms with van der Waals surface area (Å²) in [6.07, 6.45) is 1.90. The number of benzene rings is 1. The first-order valence-corrected chi connectivity index (χ1v) is 8.43. The number of aromatic amines is 2. The van der Waals surface area contributed by atoms with Crippen molar-refractivity contribution in [2.24, 2.45) is 0 Å². The summed E-state index contributed by atoms with van der Waals surface area (Å²) in [5.41, 5.74) is 3.44. The zero-order chi connectivity index (χ0) is 17.2. The molecule has 3 heterocycles. The highest BCUT2D eigenvalue weighted by atomic mass is 32.1. The van der Waals surface area contributed by atoms with Crippen molar-refractivity contribution < 1.29 is 4.79 Å². The molecule has 0 unspecified atom stereocenters. The van der Waals surface area contributed by atoms with Crippen molar-refractivity contribution in [3.63, 3.8) is 0 Å². The number of hydrogen-bond donors (Lipinski definition) is 3. The lowest BCUT2D eigenvalue weighted by molar-refractivity contribution is -0.115. The molecular formula is C17H13N5O2S. The standard InChI is InChI=1S/C17H13N5O2S/c23-15(8-10-4-5-12-13(7-10)20-16(24)19-12)22-17-21-14(9-25-17)11-3-1-2-6-18-11/h1-7,9H,8H2,(H2,19,20,24)(H,21,22,23). The van der Waals surface area contributed by atoms with Crippen LogP contribution in [0.3, 0.4) is 0 Å². The number of thiazole rings is 1. The second kappa shape index (κ2) is 6.33. The summed E-state index contributed by atoms with van der Waals surface area (Å²) in [5.74, 6) is -0.167. The first kappa shape index (κ1) is 15.3. The Labute approximate surface area is 145 Å². The fourth-order valence-electron chi connectivity index (χ4n) is 2.50. The van der Waals surface area contributed by atoms with Crippen LogP contribution in [-0.4, -0.2) is 25.8 Å². The van der Waals surface area contributed by atoms with Crippen molar-refractivity contribution in [1.29, 1.82) is 0 Å². The normalized spacial score (nSPS) is 10.9. The molecule has 3 N–H and O–H groups in total. The van der Waals surface area contributed by atoms with E-state index in [1.807, 2.05) is 29.6 Å². The smallest absolute Gasteiger partial charge is 0.306 e. The largest absolute Gasteiger partial charge is 0.323 e. The molecule has 8 heteroatoms. The monoisotopic (exact) mass is 351 g/mol. The van der Waals surface area contributed by atoms with Gasteiger partial charge in [-0.25, -0.2) is 9.78 Å². The lowest BCUT2D eigenvalue weighted by Crippen LogP contribution is -2.14. The van der Waals surface area contributed by atoms with Gasteiger partial charge in [-0.2, -0.15) is 0 Å². The number of imidazole rings is 1. The Morgan fingerprint density at radius 3 is 2.84 bits per heavy atom. The number of fused-ring (bicyclic) bond motifs is 1. The Morgan fingerprint density at radius 2 is 2.00 bits per heavy atom. The Bertz CT molecular complexity index is 1100. The van der Waals surface area contributed by atoms with Gasteiger partial charge >= 0.3 is 5.69 Å². The molecule has 0 saturated carbocycles.